The van der Waals surface area contributed by atoms with E-state index in [-0.39, 0.29) is 17.5 Å². The van der Waals surface area contributed by atoms with Gasteiger partial charge in [0.2, 0.25) is 0 Å². The molecule has 0 bridgehead atoms. The highest BCUT2D eigenvalue weighted by atomic mass is 32.1. The third-order valence-electron chi connectivity index (χ3n) is 5.78. The molecule has 2 aromatic heterocycles. The first-order chi connectivity index (χ1) is 17.0. The highest BCUT2D eigenvalue weighted by molar-refractivity contribution is 7.80. The van der Waals surface area contributed by atoms with Crippen LogP contribution in [0.1, 0.15) is 23.5 Å². The standard InChI is InChI=1S/C25H19FN4O4S/c1-33-22-14-17(30(31)32)9-10-18(22)20-11-12-21(34-20)24-23(19-4-2-3-13-27-19)28-25(35)29(24)16-7-5-15(26)6-8-16/h2-14,23-24H,1H3,(H,28,35). The number of hydrogen-bond acceptors (Lipinski definition) is 6. The molecule has 5 rings (SSSR count). The van der Waals surface area contributed by atoms with Crippen molar-refractivity contribution < 1.29 is 18.5 Å². The second-order valence-electron chi connectivity index (χ2n) is 7.82. The Hall–Kier alpha value is -4.31. The predicted molar refractivity (Wildman–Crippen MR) is 132 cm³/mol. The van der Waals surface area contributed by atoms with Crippen LogP contribution in [0.4, 0.5) is 15.8 Å². The van der Waals surface area contributed by atoms with Gasteiger partial charge < -0.3 is 19.4 Å². The third-order valence-corrected chi connectivity index (χ3v) is 6.10. The monoisotopic (exact) mass is 490 g/mol. The molecule has 0 amide bonds. The van der Waals surface area contributed by atoms with Crippen molar-refractivity contribution in [2.45, 2.75) is 12.1 Å². The molecule has 4 aromatic rings. The van der Waals surface area contributed by atoms with Crippen LogP contribution < -0.4 is 15.0 Å². The van der Waals surface area contributed by atoms with E-state index in [4.69, 9.17) is 21.4 Å². The van der Waals surface area contributed by atoms with E-state index < -0.39 is 11.0 Å². The molecule has 35 heavy (non-hydrogen) atoms. The number of methoxy groups -OCH3 is 1. The summed E-state index contributed by atoms with van der Waals surface area (Å²) in [6, 6.07) is 18.8. The van der Waals surface area contributed by atoms with Gasteiger partial charge in [0.1, 0.15) is 29.1 Å². The van der Waals surface area contributed by atoms with Gasteiger partial charge in [0, 0.05) is 18.0 Å². The largest absolute Gasteiger partial charge is 0.496 e. The molecule has 1 N–H and O–H groups in total. The highest BCUT2D eigenvalue weighted by Crippen LogP contribution is 2.44. The van der Waals surface area contributed by atoms with E-state index in [1.54, 1.807) is 30.5 Å². The van der Waals surface area contributed by atoms with Gasteiger partial charge in [-0.3, -0.25) is 15.1 Å². The van der Waals surface area contributed by atoms with Crippen molar-refractivity contribution in [3.8, 4) is 17.1 Å². The quantitative estimate of drug-likeness (QED) is 0.213. The molecule has 0 radical (unpaired) electrons. The van der Waals surface area contributed by atoms with Crippen molar-refractivity contribution in [2.75, 3.05) is 12.0 Å². The number of aromatic nitrogens is 1. The number of thiocarbonyl (C=S) groups is 1. The number of pyridine rings is 1. The maximum absolute atomic E-state index is 13.6. The van der Waals surface area contributed by atoms with E-state index in [1.807, 2.05) is 29.2 Å². The molecule has 1 aliphatic rings. The first-order valence-electron chi connectivity index (χ1n) is 10.6. The molecule has 2 aromatic carbocycles. The minimum Gasteiger partial charge on any atom is -0.496 e. The van der Waals surface area contributed by atoms with E-state index in [1.165, 1.54) is 31.4 Å². The van der Waals surface area contributed by atoms with Crippen molar-refractivity contribution in [3.63, 3.8) is 0 Å². The van der Waals surface area contributed by atoms with E-state index in [0.29, 0.717) is 33.6 Å². The fourth-order valence-electron chi connectivity index (χ4n) is 4.18. The Balaban J connectivity index is 1.59. The summed E-state index contributed by atoms with van der Waals surface area (Å²) in [6.45, 7) is 0. The normalized spacial score (nSPS) is 17.3. The molecule has 1 aliphatic heterocycles. The molecule has 0 aliphatic carbocycles. The van der Waals surface area contributed by atoms with Crippen molar-refractivity contribution in [1.29, 1.82) is 0 Å². The van der Waals surface area contributed by atoms with Crippen LogP contribution in [0, 0.1) is 15.9 Å². The van der Waals surface area contributed by atoms with Gasteiger partial charge in [0.15, 0.2) is 5.11 Å². The van der Waals surface area contributed by atoms with Crippen LogP contribution in [-0.2, 0) is 0 Å². The van der Waals surface area contributed by atoms with Crippen molar-refractivity contribution in [3.05, 3.63) is 106 Å². The lowest BCUT2D eigenvalue weighted by atomic mass is 10.0. The van der Waals surface area contributed by atoms with Crippen LogP contribution in [0.15, 0.2) is 83.4 Å². The molecule has 3 heterocycles. The molecular formula is C25H19FN4O4S. The molecule has 0 spiro atoms. The molecule has 1 fully saturated rings. The Morgan fingerprint density at radius 1 is 1.14 bits per heavy atom. The lowest BCUT2D eigenvalue weighted by molar-refractivity contribution is -0.384. The molecule has 10 heteroatoms. The number of hydrogen-bond donors (Lipinski definition) is 1. The van der Waals surface area contributed by atoms with Gasteiger partial charge in [0.05, 0.1) is 35.4 Å². The molecule has 2 unspecified atom stereocenters. The topological polar surface area (TPSA) is 93.7 Å². The molecule has 8 nitrogen and oxygen atoms in total. The summed E-state index contributed by atoms with van der Waals surface area (Å²) in [4.78, 5) is 17.0. The number of benzene rings is 2. The molecule has 1 saturated heterocycles. The summed E-state index contributed by atoms with van der Waals surface area (Å²) in [5.41, 5.74) is 1.94. The fourth-order valence-corrected chi connectivity index (χ4v) is 4.52. The fraction of sp³-hybridized carbons (Fsp3) is 0.120. The number of non-ortho nitro benzene ring substituents is 1. The number of ether oxygens (including phenoxy) is 1. The van der Waals surface area contributed by atoms with Gasteiger partial charge in [-0.05, 0) is 66.8 Å². The second kappa shape index (κ2) is 9.15. The Bertz CT molecular complexity index is 1390. The summed E-state index contributed by atoms with van der Waals surface area (Å²) >= 11 is 5.66. The summed E-state index contributed by atoms with van der Waals surface area (Å²) in [5, 5.41) is 14.9. The lowest BCUT2D eigenvalue weighted by Gasteiger charge is -2.26. The van der Waals surface area contributed by atoms with E-state index in [0.717, 1.165) is 5.69 Å². The zero-order valence-electron chi connectivity index (χ0n) is 18.4. The van der Waals surface area contributed by atoms with Gasteiger partial charge in [-0.25, -0.2) is 4.39 Å². The van der Waals surface area contributed by atoms with E-state index >= 15 is 0 Å². The first kappa shape index (κ1) is 22.5. The average Bonchev–Trinajstić information content (AvgIpc) is 3.49. The zero-order valence-corrected chi connectivity index (χ0v) is 19.2. The maximum Gasteiger partial charge on any atom is 0.273 e. The van der Waals surface area contributed by atoms with Crippen molar-refractivity contribution in [2.24, 2.45) is 0 Å². The second-order valence-corrected chi connectivity index (χ2v) is 8.20. The third kappa shape index (κ3) is 4.19. The van der Waals surface area contributed by atoms with Crippen molar-refractivity contribution in [1.82, 2.24) is 10.3 Å². The Morgan fingerprint density at radius 3 is 2.63 bits per heavy atom. The van der Waals surface area contributed by atoms with Gasteiger partial charge in [-0.2, -0.15) is 0 Å². The Labute approximate surface area is 205 Å². The number of nitrogens with zero attached hydrogens (tertiary/aromatic N) is 3. The SMILES string of the molecule is COc1cc([N+](=O)[O-])ccc1-c1ccc(C2C(c3ccccn3)NC(=S)N2c2ccc(F)cc2)o1. The number of rotatable bonds is 6. The molecule has 176 valence electrons. The predicted octanol–water partition coefficient (Wildman–Crippen LogP) is 5.57. The summed E-state index contributed by atoms with van der Waals surface area (Å²) < 4.78 is 25.3. The van der Waals surface area contributed by atoms with Crippen LogP contribution in [0.3, 0.4) is 0 Å². The van der Waals surface area contributed by atoms with Crippen LogP contribution >= 0.6 is 12.2 Å². The maximum atomic E-state index is 13.6. The highest BCUT2D eigenvalue weighted by Gasteiger charge is 2.42. The van der Waals surface area contributed by atoms with Gasteiger partial charge in [-0.1, -0.05) is 6.07 Å². The summed E-state index contributed by atoms with van der Waals surface area (Å²) in [6.07, 6.45) is 1.70. The van der Waals surface area contributed by atoms with Gasteiger partial charge in [0.25, 0.3) is 5.69 Å². The summed E-state index contributed by atoms with van der Waals surface area (Å²) in [5.74, 6) is 1.02. The first-order valence-corrected chi connectivity index (χ1v) is 11.1. The Morgan fingerprint density at radius 2 is 1.94 bits per heavy atom. The Kier molecular flexibility index (Phi) is 5.87. The molecular weight excluding hydrogens is 471 g/mol. The van der Waals surface area contributed by atoms with E-state index in [9.17, 15) is 14.5 Å². The van der Waals surface area contributed by atoms with Crippen LogP contribution in [0.25, 0.3) is 11.3 Å². The number of furan rings is 1. The number of nitro benzene ring substituents is 1. The molecule has 0 saturated carbocycles. The van der Waals surface area contributed by atoms with Gasteiger partial charge >= 0.3 is 0 Å². The van der Waals surface area contributed by atoms with Gasteiger partial charge in [-0.15, -0.1) is 0 Å². The number of anilines is 1. The number of nitrogens with one attached hydrogen (secondary N) is 1. The van der Waals surface area contributed by atoms with Crippen LogP contribution in [0.5, 0.6) is 5.75 Å². The lowest BCUT2D eigenvalue weighted by Crippen LogP contribution is -2.29. The minimum absolute atomic E-state index is 0.0829. The number of nitro groups is 1. The summed E-state index contributed by atoms with van der Waals surface area (Å²) in [7, 11) is 1.44. The van der Waals surface area contributed by atoms with Crippen LogP contribution in [0.2, 0.25) is 0 Å². The zero-order chi connectivity index (χ0) is 24.5. The minimum atomic E-state index is -0.483. The number of halogens is 1. The van der Waals surface area contributed by atoms with E-state index in [2.05, 4.69) is 10.3 Å². The van der Waals surface area contributed by atoms with Crippen molar-refractivity contribution >= 4 is 28.7 Å². The molecule has 2 atom stereocenters. The van der Waals surface area contributed by atoms with Crippen LogP contribution in [-0.4, -0.2) is 22.1 Å². The smallest absolute Gasteiger partial charge is 0.273 e. The average molecular weight is 491 g/mol.